The summed E-state index contributed by atoms with van der Waals surface area (Å²) in [6.45, 7) is 8.03. The fraction of sp³-hybridized carbons (Fsp3) is 0.368. The smallest absolute Gasteiger partial charge is 0.196 e. The van der Waals surface area contributed by atoms with Crippen molar-refractivity contribution in [1.82, 2.24) is 9.88 Å². The second kappa shape index (κ2) is 7.11. The minimum absolute atomic E-state index is 0.162. The van der Waals surface area contributed by atoms with Gasteiger partial charge in [0.2, 0.25) is 0 Å². The Labute approximate surface area is 148 Å². The highest BCUT2D eigenvalue weighted by Gasteiger charge is 2.20. The van der Waals surface area contributed by atoms with Crippen LogP contribution in [0.15, 0.2) is 47.5 Å². The molecule has 25 heavy (non-hydrogen) atoms. The number of anilines is 2. The van der Waals surface area contributed by atoms with Crippen LogP contribution in [-0.2, 0) is 11.3 Å². The quantitative estimate of drug-likeness (QED) is 0.873. The van der Waals surface area contributed by atoms with Crippen molar-refractivity contribution in [3.8, 4) is 0 Å². The van der Waals surface area contributed by atoms with E-state index in [0.29, 0.717) is 25.7 Å². The number of nitrogens with one attached hydrogen (secondary N) is 1. The molecule has 0 spiro atoms. The summed E-state index contributed by atoms with van der Waals surface area (Å²) >= 11 is 0. The second-order valence-electron chi connectivity index (χ2n) is 7.01. The molecule has 6 nitrogen and oxygen atoms in total. The van der Waals surface area contributed by atoms with E-state index in [-0.39, 0.29) is 5.60 Å². The number of aromatic nitrogens is 1. The summed E-state index contributed by atoms with van der Waals surface area (Å²) in [4.78, 5) is 11.2. The van der Waals surface area contributed by atoms with Gasteiger partial charge in [0.1, 0.15) is 5.82 Å². The SMILES string of the molecule is CC(C)(C)OCCN1Cc2nc(Nc3ccccc3)ccc2N=C1N. The lowest BCUT2D eigenvalue weighted by Gasteiger charge is -2.29. The van der Waals surface area contributed by atoms with Crippen LogP contribution in [-0.4, -0.2) is 34.6 Å². The van der Waals surface area contributed by atoms with E-state index < -0.39 is 0 Å². The molecule has 1 aliphatic heterocycles. The van der Waals surface area contributed by atoms with E-state index in [9.17, 15) is 0 Å². The van der Waals surface area contributed by atoms with Crippen molar-refractivity contribution in [2.24, 2.45) is 10.7 Å². The largest absolute Gasteiger partial charge is 0.374 e. The molecule has 0 bridgehead atoms. The van der Waals surface area contributed by atoms with E-state index >= 15 is 0 Å². The summed E-state index contributed by atoms with van der Waals surface area (Å²) in [6.07, 6.45) is 0. The van der Waals surface area contributed by atoms with E-state index in [0.717, 1.165) is 22.9 Å². The zero-order valence-corrected chi connectivity index (χ0v) is 15.0. The zero-order chi connectivity index (χ0) is 17.9. The number of guanidine groups is 1. The van der Waals surface area contributed by atoms with Gasteiger partial charge in [0.15, 0.2) is 5.96 Å². The average molecular weight is 339 g/mol. The first kappa shape index (κ1) is 17.2. The van der Waals surface area contributed by atoms with E-state index in [4.69, 9.17) is 15.5 Å². The van der Waals surface area contributed by atoms with Crippen LogP contribution in [0.5, 0.6) is 0 Å². The molecule has 1 aromatic heterocycles. The van der Waals surface area contributed by atoms with Gasteiger partial charge in [0.05, 0.1) is 30.1 Å². The van der Waals surface area contributed by atoms with Gasteiger partial charge >= 0.3 is 0 Å². The van der Waals surface area contributed by atoms with Gasteiger partial charge in [-0.15, -0.1) is 0 Å². The molecule has 1 aliphatic rings. The van der Waals surface area contributed by atoms with Crippen molar-refractivity contribution in [1.29, 1.82) is 0 Å². The second-order valence-corrected chi connectivity index (χ2v) is 7.01. The number of fused-ring (bicyclic) bond motifs is 1. The first-order valence-electron chi connectivity index (χ1n) is 8.46. The number of rotatable bonds is 5. The van der Waals surface area contributed by atoms with Gasteiger partial charge < -0.3 is 20.7 Å². The fourth-order valence-electron chi connectivity index (χ4n) is 2.56. The Kier molecular flexibility index (Phi) is 4.90. The van der Waals surface area contributed by atoms with Crippen molar-refractivity contribution >= 4 is 23.2 Å². The minimum Gasteiger partial charge on any atom is -0.374 e. The van der Waals surface area contributed by atoms with Crippen LogP contribution in [0.4, 0.5) is 17.2 Å². The Bertz CT molecular complexity index is 752. The molecule has 2 aromatic rings. The molecule has 0 radical (unpaired) electrons. The van der Waals surface area contributed by atoms with E-state index in [1.807, 2.05) is 68.1 Å². The number of ether oxygens (including phenoxy) is 1. The zero-order valence-electron chi connectivity index (χ0n) is 15.0. The van der Waals surface area contributed by atoms with Crippen LogP contribution in [0.1, 0.15) is 26.5 Å². The lowest BCUT2D eigenvalue weighted by atomic mass is 10.2. The van der Waals surface area contributed by atoms with Crippen molar-refractivity contribution in [2.75, 3.05) is 18.5 Å². The number of hydrogen-bond donors (Lipinski definition) is 2. The number of nitrogens with zero attached hydrogens (tertiary/aromatic N) is 3. The molecule has 3 rings (SSSR count). The Balaban J connectivity index is 1.69. The normalized spacial score (nSPS) is 14.0. The summed E-state index contributed by atoms with van der Waals surface area (Å²) in [6, 6.07) is 13.8. The van der Waals surface area contributed by atoms with Gasteiger partial charge in [0, 0.05) is 12.2 Å². The van der Waals surface area contributed by atoms with Crippen molar-refractivity contribution < 1.29 is 4.74 Å². The highest BCUT2D eigenvalue weighted by Crippen LogP contribution is 2.26. The molecule has 2 heterocycles. The number of hydrogen-bond acceptors (Lipinski definition) is 6. The predicted octanol–water partition coefficient (Wildman–Crippen LogP) is 3.40. The minimum atomic E-state index is -0.162. The van der Waals surface area contributed by atoms with Crippen molar-refractivity contribution in [3.05, 3.63) is 48.2 Å². The molecule has 0 amide bonds. The van der Waals surface area contributed by atoms with Gasteiger partial charge in [0.25, 0.3) is 0 Å². The molecular weight excluding hydrogens is 314 g/mol. The van der Waals surface area contributed by atoms with Gasteiger partial charge in [-0.25, -0.2) is 9.98 Å². The molecule has 6 heteroatoms. The molecule has 0 unspecified atom stereocenters. The Morgan fingerprint density at radius 3 is 2.64 bits per heavy atom. The maximum absolute atomic E-state index is 6.08. The van der Waals surface area contributed by atoms with E-state index in [1.165, 1.54) is 0 Å². The third kappa shape index (κ3) is 4.70. The number of benzene rings is 1. The number of para-hydroxylation sites is 1. The number of aliphatic imine (C=N–C) groups is 1. The van der Waals surface area contributed by atoms with Crippen LogP contribution >= 0.6 is 0 Å². The third-order valence-corrected chi connectivity index (χ3v) is 3.79. The highest BCUT2D eigenvalue weighted by atomic mass is 16.5. The summed E-state index contributed by atoms with van der Waals surface area (Å²) in [5.41, 5.74) is 8.66. The van der Waals surface area contributed by atoms with Gasteiger partial charge in [-0.3, -0.25) is 0 Å². The van der Waals surface area contributed by atoms with Crippen LogP contribution in [0.3, 0.4) is 0 Å². The van der Waals surface area contributed by atoms with Crippen LogP contribution < -0.4 is 11.1 Å². The maximum atomic E-state index is 6.08. The number of nitrogens with two attached hydrogens (primary N) is 1. The van der Waals surface area contributed by atoms with Crippen molar-refractivity contribution in [2.45, 2.75) is 32.9 Å². The molecule has 132 valence electrons. The topological polar surface area (TPSA) is 75.8 Å². The molecule has 0 aliphatic carbocycles. The molecule has 0 saturated heterocycles. The van der Waals surface area contributed by atoms with Gasteiger partial charge in [-0.05, 0) is 45.0 Å². The molecule has 0 fully saturated rings. The van der Waals surface area contributed by atoms with Gasteiger partial charge in [-0.1, -0.05) is 18.2 Å². The summed E-state index contributed by atoms with van der Waals surface area (Å²) in [5.74, 6) is 1.31. The highest BCUT2D eigenvalue weighted by molar-refractivity contribution is 5.83. The molecule has 0 saturated carbocycles. The maximum Gasteiger partial charge on any atom is 0.196 e. The summed E-state index contributed by atoms with van der Waals surface area (Å²) in [7, 11) is 0. The lowest BCUT2D eigenvalue weighted by molar-refractivity contribution is -0.00815. The summed E-state index contributed by atoms with van der Waals surface area (Å²) in [5, 5.41) is 3.31. The van der Waals surface area contributed by atoms with Crippen LogP contribution in [0.25, 0.3) is 0 Å². The average Bonchev–Trinajstić information content (AvgIpc) is 2.55. The van der Waals surface area contributed by atoms with Crippen LogP contribution in [0, 0.1) is 0 Å². The monoisotopic (exact) mass is 339 g/mol. The lowest BCUT2D eigenvalue weighted by Crippen LogP contribution is -2.41. The predicted molar refractivity (Wildman–Crippen MR) is 101 cm³/mol. The number of pyridine rings is 1. The first-order valence-corrected chi connectivity index (χ1v) is 8.46. The molecule has 0 atom stereocenters. The summed E-state index contributed by atoms with van der Waals surface area (Å²) < 4.78 is 5.79. The Morgan fingerprint density at radius 1 is 1.16 bits per heavy atom. The standard InChI is InChI=1S/C19H25N5O/c1-19(2,3)25-12-11-24-13-16-15(23-18(24)20)9-10-17(22-16)21-14-7-5-4-6-8-14/h4-10H,11-13H2,1-3H3,(H2,20,23)(H,21,22). The van der Waals surface area contributed by atoms with E-state index in [1.54, 1.807) is 0 Å². The third-order valence-electron chi connectivity index (χ3n) is 3.79. The Morgan fingerprint density at radius 2 is 1.92 bits per heavy atom. The Hall–Kier alpha value is -2.60. The van der Waals surface area contributed by atoms with Gasteiger partial charge in [-0.2, -0.15) is 0 Å². The van der Waals surface area contributed by atoms with E-state index in [2.05, 4.69) is 10.3 Å². The molecule has 1 aromatic carbocycles. The first-order chi connectivity index (χ1) is 11.9. The molecule has 3 N–H and O–H groups in total. The van der Waals surface area contributed by atoms with Crippen molar-refractivity contribution in [3.63, 3.8) is 0 Å². The fourth-order valence-corrected chi connectivity index (χ4v) is 2.56. The molecular formula is C19H25N5O. The van der Waals surface area contributed by atoms with Crippen LogP contribution in [0.2, 0.25) is 0 Å².